The Morgan fingerprint density at radius 2 is 2.05 bits per heavy atom. The first-order valence-electron chi connectivity index (χ1n) is 8.01. The second-order valence-electron chi connectivity index (χ2n) is 7.64. The normalized spacial score (nSPS) is 28.0. The zero-order valence-electron chi connectivity index (χ0n) is 13.7. The molecule has 2 atom stereocenters. The van der Waals surface area contributed by atoms with Gasteiger partial charge in [0.15, 0.2) is 9.84 Å². The smallest absolute Gasteiger partial charge is 0.151 e. The quantitative estimate of drug-likeness (QED) is 0.904. The molecule has 4 nitrogen and oxygen atoms in total. The monoisotopic (exact) mass is 322 g/mol. The van der Waals surface area contributed by atoms with Gasteiger partial charge in [-0.15, -0.1) is 0 Å². The largest absolute Gasteiger partial charge is 0.329 e. The van der Waals surface area contributed by atoms with E-state index in [9.17, 15) is 8.42 Å². The molecule has 1 aromatic carbocycles. The summed E-state index contributed by atoms with van der Waals surface area (Å²) < 4.78 is 23.6. The van der Waals surface area contributed by atoms with Crippen LogP contribution in [0.1, 0.15) is 49.9 Å². The second-order valence-corrected chi connectivity index (χ2v) is 9.87. The lowest BCUT2D eigenvalue weighted by Crippen LogP contribution is -2.37. The van der Waals surface area contributed by atoms with Crippen LogP contribution in [0.15, 0.2) is 18.2 Å². The Labute approximate surface area is 133 Å². The molecule has 2 unspecified atom stereocenters. The van der Waals surface area contributed by atoms with E-state index < -0.39 is 9.84 Å². The maximum Gasteiger partial charge on any atom is 0.151 e. The molecule has 122 valence electrons. The summed E-state index contributed by atoms with van der Waals surface area (Å²) in [6.07, 6.45) is 0.735. The Morgan fingerprint density at radius 3 is 2.59 bits per heavy atom. The summed E-state index contributed by atoms with van der Waals surface area (Å²) in [6.45, 7) is 7.99. The molecule has 0 amide bonds. The van der Waals surface area contributed by atoms with Gasteiger partial charge in [0.2, 0.25) is 0 Å². The van der Waals surface area contributed by atoms with E-state index >= 15 is 0 Å². The van der Waals surface area contributed by atoms with Gasteiger partial charge in [0.25, 0.3) is 0 Å². The Hall–Kier alpha value is -0.910. The minimum absolute atomic E-state index is 0.109. The molecule has 22 heavy (non-hydrogen) atoms. The van der Waals surface area contributed by atoms with Crippen LogP contribution in [-0.2, 0) is 21.8 Å². The lowest BCUT2D eigenvalue weighted by Gasteiger charge is -2.29. The maximum absolute atomic E-state index is 11.8. The Morgan fingerprint density at radius 1 is 1.32 bits per heavy atom. The topological polar surface area (TPSA) is 63.4 Å². The summed E-state index contributed by atoms with van der Waals surface area (Å²) in [7, 11) is -2.87. The highest BCUT2D eigenvalue weighted by Crippen LogP contribution is 2.39. The molecule has 2 aliphatic rings. The summed E-state index contributed by atoms with van der Waals surface area (Å²) in [6, 6.07) is 6.93. The third-order valence-corrected chi connectivity index (χ3v) is 6.78. The van der Waals surface area contributed by atoms with Gasteiger partial charge in [-0.3, -0.25) is 4.90 Å². The van der Waals surface area contributed by atoms with Gasteiger partial charge in [-0.1, -0.05) is 39.0 Å². The van der Waals surface area contributed by atoms with Gasteiger partial charge < -0.3 is 5.73 Å². The van der Waals surface area contributed by atoms with E-state index in [0.717, 1.165) is 13.0 Å². The molecule has 1 fully saturated rings. The van der Waals surface area contributed by atoms with Crippen molar-refractivity contribution in [1.29, 1.82) is 0 Å². The predicted octanol–water partition coefficient (Wildman–Crippen LogP) is 1.99. The zero-order valence-corrected chi connectivity index (χ0v) is 14.5. The van der Waals surface area contributed by atoms with Crippen molar-refractivity contribution in [3.05, 3.63) is 34.9 Å². The fraction of sp³-hybridized carbons (Fsp3) is 0.647. The summed E-state index contributed by atoms with van der Waals surface area (Å²) in [4.78, 5) is 2.31. The fourth-order valence-electron chi connectivity index (χ4n) is 3.68. The van der Waals surface area contributed by atoms with E-state index in [4.69, 9.17) is 5.73 Å². The SMILES string of the molecule is CC(C)(C)c1ccc2c(c1)C(CN)N(C1CCS(=O)(=O)C1)C2. The van der Waals surface area contributed by atoms with Crippen LogP contribution in [0.3, 0.4) is 0 Å². The van der Waals surface area contributed by atoms with Crippen LogP contribution in [0.25, 0.3) is 0 Å². The van der Waals surface area contributed by atoms with Gasteiger partial charge in [-0.25, -0.2) is 8.42 Å². The number of nitrogens with zero attached hydrogens (tertiary/aromatic N) is 1. The molecule has 2 heterocycles. The Bertz CT molecular complexity index is 676. The van der Waals surface area contributed by atoms with Crippen molar-refractivity contribution in [2.24, 2.45) is 5.73 Å². The van der Waals surface area contributed by atoms with Crippen LogP contribution in [0.5, 0.6) is 0 Å². The van der Waals surface area contributed by atoms with Crippen molar-refractivity contribution >= 4 is 9.84 Å². The third kappa shape index (κ3) is 2.82. The lowest BCUT2D eigenvalue weighted by molar-refractivity contribution is 0.164. The van der Waals surface area contributed by atoms with E-state index in [1.807, 2.05) is 0 Å². The van der Waals surface area contributed by atoms with E-state index in [1.54, 1.807) is 0 Å². The Balaban J connectivity index is 1.92. The summed E-state index contributed by atoms with van der Waals surface area (Å²) in [5, 5.41) is 0. The van der Waals surface area contributed by atoms with E-state index in [0.29, 0.717) is 12.3 Å². The van der Waals surface area contributed by atoms with Crippen LogP contribution in [0.4, 0.5) is 0 Å². The van der Waals surface area contributed by atoms with Gasteiger partial charge in [0.1, 0.15) is 0 Å². The molecule has 1 saturated heterocycles. The van der Waals surface area contributed by atoms with Crippen molar-refractivity contribution in [2.45, 2.75) is 51.2 Å². The molecule has 0 bridgehead atoms. The number of hydrogen-bond donors (Lipinski definition) is 1. The summed E-state index contributed by atoms with van der Waals surface area (Å²) in [5.41, 5.74) is 10.1. The van der Waals surface area contributed by atoms with E-state index in [1.165, 1.54) is 16.7 Å². The zero-order chi connectivity index (χ0) is 16.1. The molecule has 0 saturated carbocycles. The van der Waals surface area contributed by atoms with Crippen molar-refractivity contribution in [1.82, 2.24) is 4.90 Å². The first-order chi connectivity index (χ1) is 10.2. The van der Waals surface area contributed by atoms with Crippen LogP contribution in [0, 0.1) is 0 Å². The maximum atomic E-state index is 11.8. The van der Waals surface area contributed by atoms with Crippen molar-refractivity contribution in [2.75, 3.05) is 18.1 Å². The van der Waals surface area contributed by atoms with Crippen LogP contribution < -0.4 is 5.73 Å². The van der Waals surface area contributed by atoms with Gasteiger partial charge >= 0.3 is 0 Å². The second kappa shape index (κ2) is 5.32. The molecule has 0 aromatic heterocycles. The van der Waals surface area contributed by atoms with Gasteiger partial charge in [-0.2, -0.15) is 0 Å². The van der Waals surface area contributed by atoms with Crippen molar-refractivity contribution in [3.63, 3.8) is 0 Å². The Kier molecular flexibility index (Phi) is 3.86. The molecule has 0 aliphatic carbocycles. The average molecular weight is 322 g/mol. The summed E-state index contributed by atoms with van der Waals surface area (Å²) >= 11 is 0. The molecule has 5 heteroatoms. The minimum Gasteiger partial charge on any atom is -0.329 e. The number of rotatable bonds is 2. The molecular formula is C17H26N2O2S. The molecular weight excluding hydrogens is 296 g/mol. The number of nitrogens with two attached hydrogens (primary N) is 1. The van der Waals surface area contributed by atoms with Crippen molar-refractivity contribution < 1.29 is 8.42 Å². The van der Waals surface area contributed by atoms with Crippen molar-refractivity contribution in [3.8, 4) is 0 Å². The third-order valence-electron chi connectivity index (χ3n) is 5.02. The number of hydrogen-bond acceptors (Lipinski definition) is 4. The molecule has 2 aliphatic heterocycles. The number of sulfone groups is 1. The summed E-state index contributed by atoms with van der Waals surface area (Å²) in [5.74, 6) is 0.596. The number of fused-ring (bicyclic) bond motifs is 1. The molecule has 2 N–H and O–H groups in total. The van der Waals surface area contributed by atoms with Gasteiger partial charge in [-0.05, 0) is 28.5 Å². The molecule has 1 aromatic rings. The highest BCUT2D eigenvalue weighted by Gasteiger charge is 2.39. The first kappa shape index (κ1) is 16.0. The molecule has 0 spiro atoms. The van der Waals surface area contributed by atoms with E-state index in [2.05, 4.69) is 43.9 Å². The predicted molar refractivity (Wildman–Crippen MR) is 89.5 cm³/mol. The van der Waals surface area contributed by atoms with Crippen LogP contribution in [-0.4, -0.2) is 37.4 Å². The standard InChI is InChI=1S/C17H26N2O2S/c1-17(2,3)13-5-4-12-10-19(16(9-18)15(12)8-13)14-6-7-22(20,21)11-14/h4-5,8,14,16H,6-7,9-11,18H2,1-3H3. The number of benzene rings is 1. The van der Waals surface area contributed by atoms with Gasteiger partial charge in [0.05, 0.1) is 11.5 Å². The molecule has 0 radical (unpaired) electrons. The van der Waals surface area contributed by atoms with Crippen LogP contribution >= 0.6 is 0 Å². The highest BCUT2D eigenvalue weighted by molar-refractivity contribution is 7.91. The van der Waals surface area contributed by atoms with Gasteiger partial charge in [0, 0.05) is 25.2 Å². The fourth-order valence-corrected chi connectivity index (χ4v) is 5.43. The van der Waals surface area contributed by atoms with Crippen LogP contribution in [0.2, 0.25) is 0 Å². The molecule has 3 rings (SSSR count). The average Bonchev–Trinajstić information content (AvgIpc) is 2.96. The highest BCUT2D eigenvalue weighted by atomic mass is 32.2. The van der Waals surface area contributed by atoms with E-state index in [-0.39, 0.29) is 23.3 Å². The first-order valence-corrected chi connectivity index (χ1v) is 9.83. The minimum atomic E-state index is -2.87. The lowest BCUT2D eigenvalue weighted by atomic mass is 9.85.